The molecule has 2 aromatic rings. The second-order valence-corrected chi connectivity index (χ2v) is 13.2. The number of benzene rings is 2. The van der Waals surface area contributed by atoms with E-state index in [1.54, 1.807) is 27.8 Å². The molecule has 0 amide bonds. The molecule has 1 aliphatic heterocycles. The van der Waals surface area contributed by atoms with Crippen molar-refractivity contribution >= 4 is 16.8 Å². The number of hydrogen-bond acceptors (Lipinski definition) is 1. The van der Waals surface area contributed by atoms with Gasteiger partial charge >= 0.3 is 0 Å². The molecule has 8 unspecified atom stereocenters. The van der Waals surface area contributed by atoms with Crippen molar-refractivity contribution in [3.8, 4) is 0 Å². The zero-order valence-corrected chi connectivity index (χ0v) is 23.7. The number of rotatable bonds is 2. The molecule has 7 aliphatic rings. The van der Waals surface area contributed by atoms with Crippen molar-refractivity contribution < 1.29 is 4.74 Å². The lowest BCUT2D eigenvalue weighted by atomic mass is 9.55. The van der Waals surface area contributed by atoms with E-state index in [4.69, 9.17) is 4.74 Å². The van der Waals surface area contributed by atoms with E-state index in [-0.39, 0.29) is 6.10 Å². The van der Waals surface area contributed by atoms with Crippen LogP contribution >= 0.6 is 0 Å². The van der Waals surface area contributed by atoms with Gasteiger partial charge in [0.15, 0.2) is 0 Å². The van der Waals surface area contributed by atoms with Crippen molar-refractivity contribution in [3.05, 3.63) is 137 Å². The predicted molar refractivity (Wildman–Crippen MR) is 169 cm³/mol. The first-order chi connectivity index (χ1) is 20.4. The van der Waals surface area contributed by atoms with Gasteiger partial charge in [-0.2, -0.15) is 0 Å². The molecule has 2 fully saturated rings. The molecule has 0 bridgehead atoms. The van der Waals surface area contributed by atoms with Gasteiger partial charge in [0, 0.05) is 23.7 Å². The predicted octanol–water partition coefficient (Wildman–Crippen LogP) is 9.36. The summed E-state index contributed by atoms with van der Waals surface area (Å²) >= 11 is 0. The second-order valence-electron chi connectivity index (χ2n) is 13.2. The van der Waals surface area contributed by atoms with Gasteiger partial charge in [-0.05, 0) is 88.1 Å². The van der Waals surface area contributed by atoms with Crippen molar-refractivity contribution in [3.63, 3.8) is 0 Å². The van der Waals surface area contributed by atoms with E-state index >= 15 is 0 Å². The van der Waals surface area contributed by atoms with Crippen molar-refractivity contribution in [2.45, 2.75) is 56.7 Å². The van der Waals surface area contributed by atoms with E-state index in [9.17, 15) is 0 Å². The Morgan fingerprint density at radius 1 is 0.829 bits per heavy atom. The van der Waals surface area contributed by atoms with Crippen LogP contribution < -0.4 is 0 Å². The first-order valence-electron chi connectivity index (χ1n) is 16.0. The van der Waals surface area contributed by atoms with Crippen molar-refractivity contribution in [2.75, 3.05) is 0 Å². The summed E-state index contributed by atoms with van der Waals surface area (Å²) < 4.78 is 6.72. The zero-order chi connectivity index (χ0) is 26.9. The molecule has 1 heteroatoms. The van der Waals surface area contributed by atoms with Gasteiger partial charge in [0.25, 0.3) is 0 Å². The van der Waals surface area contributed by atoms with E-state index < -0.39 is 0 Å². The average molecular weight is 535 g/mol. The molecule has 0 radical (unpaired) electrons. The van der Waals surface area contributed by atoms with Gasteiger partial charge in [-0.1, -0.05) is 116 Å². The minimum atomic E-state index is 0.252. The van der Waals surface area contributed by atoms with Gasteiger partial charge in [-0.25, -0.2) is 0 Å². The maximum atomic E-state index is 6.72. The van der Waals surface area contributed by atoms with Gasteiger partial charge in [-0.3, -0.25) is 0 Å². The van der Waals surface area contributed by atoms with Crippen molar-refractivity contribution in [1.82, 2.24) is 0 Å². The van der Waals surface area contributed by atoms with Crippen molar-refractivity contribution in [2.24, 2.45) is 29.6 Å². The number of ether oxygens (including phenoxy) is 1. The van der Waals surface area contributed by atoms with E-state index in [2.05, 4.69) is 109 Å². The highest BCUT2D eigenvalue weighted by Gasteiger charge is 2.52. The minimum Gasteiger partial charge on any atom is -0.370 e. The van der Waals surface area contributed by atoms with Crippen LogP contribution in [0.2, 0.25) is 0 Å². The summed E-state index contributed by atoms with van der Waals surface area (Å²) in [5.74, 6) is 2.97. The summed E-state index contributed by atoms with van der Waals surface area (Å²) in [5, 5.41) is 2.85. The van der Waals surface area contributed by atoms with Crippen molar-refractivity contribution in [1.29, 1.82) is 0 Å². The van der Waals surface area contributed by atoms with Crippen LogP contribution in [0.25, 0.3) is 16.8 Å². The third kappa shape index (κ3) is 3.64. The molecule has 41 heavy (non-hydrogen) atoms. The molecule has 1 heterocycles. The zero-order valence-electron chi connectivity index (χ0n) is 23.7. The fourth-order valence-corrected chi connectivity index (χ4v) is 9.79. The Morgan fingerprint density at radius 2 is 1.76 bits per heavy atom. The van der Waals surface area contributed by atoms with Gasteiger partial charge in [0.1, 0.15) is 0 Å². The van der Waals surface area contributed by atoms with Crippen LogP contribution in [0.4, 0.5) is 0 Å². The van der Waals surface area contributed by atoms with Crippen LogP contribution in [0, 0.1) is 29.6 Å². The van der Waals surface area contributed by atoms with E-state index in [0.29, 0.717) is 41.6 Å². The Morgan fingerprint density at radius 3 is 2.76 bits per heavy atom. The first-order valence-corrected chi connectivity index (χ1v) is 16.0. The number of allylic oxidation sites excluding steroid dienone is 13. The summed E-state index contributed by atoms with van der Waals surface area (Å²) in [6.45, 7) is 0. The van der Waals surface area contributed by atoms with Crippen LogP contribution in [0.5, 0.6) is 0 Å². The maximum absolute atomic E-state index is 6.72. The lowest BCUT2D eigenvalue weighted by molar-refractivity contribution is 0.0270. The monoisotopic (exact) mass is 534 g/mol. The molecular formula is C40H38O. The topological polar surface area (TPSA) is 9.23 Å². The van der Waals surface area contributed by atoms with E-state index in [1.807, 2.05) is 0 Å². The Balaban J connectivity index is 1.24. The van der Waals surface area contributed by atoms with Gasteiger partial charge in [-0.15, -0.1) is 0 Å². The number of aryl methyl sites for hydroxylation is 1. The summed E-state index contributed by atoms with van der Waals surface area (Å²) in [7, 11) is 0. The normalized spacial score (nSPS) is 36.0. The lowest BCUT2D eigenvalue weighted by Crippen LogP contribution is -2.39. The second kappa shape index (κ2) is 9.57. The van der Waals surface area contributed by atoms with Gasteiger partial charge in [0.05, 0.1) is 12.2 Å². The van der Waals surface area contributed by atoms with Crippen LogP contribution in [0.3, 0.4) is 0 Å². The molecule has 1 saturated carbocycles. The standard InChI is InChI=1S/C40H38O/c1-2-13-26-25(12-1)24-35(28-15-4-3-14-27(26)28)39-31-18-7-5-16-29(31)38(30-17-6-8-19-32(30)39)34-21-11-23-37-40(34)33-20-9-10-22-36(33)41-37/h1-2,4-10,12-13,15-18,20,22,24,31-34,36-37,39-40H,3,11,14,19,21,23H2. The maximum Gasteiger partial charge on any atom is 0.0829 e. The number of fused-ring (bicyclic) bond motifs is 8. The van der Waals surface area contributed by atoms with Gasteiger partial charge in [0.2, 0.25) is 0 Å². The Kier molecular flexibility index (Phi) is 5.65. The number of hydrogen-bond donors (Lipinski definition) is 0. The Bertz CT molecular complexity index is 1670. The molecule has 6 aliphatic carbocycles. The largest absolute Gasteiger partial charge is 0.370 e. The van der Waals surface area contributed by atoms with E-state index in [1.165, 1.54) is 35.6 Å². The summed E-state index contributed by atoms with van der Waals surface area (Å²) in [6.07, 6.45) is 38.8. The summed E-state index contributed by atoms with van der Waals surface area (Å²) in [6, 6.07) is 11.7. The molecule has 1 saturated heterocycles. The first kappa shape index (κ1) is 24.2. The fourth-order valence-electron chi connectivity index (χ4n) is 9.79. The lowest BCUT2D eigenvalue weighted by Gasteiger charge is -2.48. The molecule has 204 valence electrons. The van der Waals surface area contributed by atoms with E-state index in [0.717, 1.165) is 19.3 Å². The molecule has 1 nitrogen and oxygen atoms in total. The third-order valence-corrected chi connectivity index (χ3v) is 11.3. The highest BCUT2D eigenvalue weighted by Crippen LogP contribution is 2.59. The molecule has 0 spiro atoms. The van der Waals surface area contributed by atoms with Crippen LogP contribution in [0.15, 0.2) is 120 Å². The minimum absolute atomic E-state index is 0.252. The molecule has 2 aromatic carbocycles. The third-order valence-electron chi connectivity index (χ3n) is 11.3. The van der Waals surface area contributed by atoms with Crippen LogP contribution in [-0.2, 0) is 11.2 Å². The smallest absolute Gasteiger partial charge is 0.0829 e. The highest BCUT2D eigenvalue weighted by atomic mass is 16.5. The highest BCUT2D eigenvalue weighted by molar-refractivity contribution is 5.91. The van der Waals surface area contributed by atoms with Crippen LogP contribution in [-0.4, -0.2) is 12.2 Å². The van der Waals surface area contributed by atoms with Crippen LogP contribution in [0.1, 0.15) is 54.7 Å². The fraction of sp³-hybridized carbons (Fsp3) is 0.350. The summed E-state index contributed by atoms with van der Waals surface area (Å²) in [5.41, 5.74) is 9.51. The Hall–Kier alpha value is -3.42. The Labute approximate surface area is 244 Å². The molecule has 9 rings (SSSR count). The molecule has 8 atom stereocenters. The SMILES string of the molecule is C1=CCC2C(=C1)C(C1CCCC3OC4C=CC=CC4C31)=C1C=CC=CC1C2c1cc2ccccc2c2c1C=CCC2. The van der Waals surface area contributed by atoms with Gasteiger partial charge < -0.3 is 4.74 Å². The molecule has 0 N–H and O–H groups in total. The summed E-state index contributed by atoms with van der Waals surface area (Å²) in [4.78, 5) is 0. The molecule has 0 aromatic heterocycles. The molecular weight excluding hydrogens is 496 g/mol. The quantitative estimate of drug-likeness (QED) is 0.373. The average Bonchev–Trinajstić information content (AvgIpc) is 3.42.